The van der Waals surface area contributed by atoms with E-state index < -0.39 is 5.97 Å². The van der Waals surface area contributed by atoms with Gasteiger partial charge in [-0.15, -0.1) is 0 Å². The molecule has 0 amide bonds. The lowest BCUT2D eigenvalue weighted by Crippen LogP contribution is -2.12. The Labute approximate surface area is 75.4 Å². The molecule has 0 radical (unpaired) electrons. The molecule has 2 N–H and O–H groups in total. The quantitative estimate of drug-likeness (QED) is 0.722. The number of para-hydroxylation sites is 1. The lowest BCUT2D eigenvalue weighted by molar-refractivity contribution is -0.134. The van der Waals surface area contributed by atoms with Crippen LogP contribution in [0, 0.1) is 11.3 Å². The Kier molecular flexibility index (Phi) is 2.87. The van der Waals surface area contributed by atoms with E-state index in [2.05, 4.69) is 5.32 Å². The molecule has 0 spiro atoms. The predicted molar refractivity (Wildman–Crippen MR) is 47.3 cm³/mol. The summed E-state index contributed by atoms with van der Waals surface area (Å²) in [5, 5.41) is 19.7. The SMILES string of the molecule is N#Cc1ccccc1NCC(=O)O. The van der Waals surface area contributed by atoms with Gasteiger partial charge in [0, 0.05) is 0 Å². The van der Waals surface area contributed by atoms with Gasteiger partial charge in [-0.2, -0.15) is 5.26 Å². The van der Waals surface area contributed by atoms with E-state index >= 15 is 0 Å². The van der Waals surface area contributed by atoms with Crippen LogP contribution >= 0.6 is 0 Å². The molecular weight excluding hydrogens is 168 g/mol. The molecule has 1 rings (SSSR count). The van der Waals surface area contributed by atoms with Gasteiger partial charge < -0.3 is 10.4 Å². The summed E-state index contributed by atoms with van der Waals surface area (Å²) in [5.74, 6) is -0.951. The first-order valence-corrected chi connectivity index (χ1v) is 3.69. The largest absolute Gasteiger partial charge is 0.480 e. The first-order valence-electron chi connectivity index (χ1n) is 3.69. The number of carboxylic acid groups (broad SMARTS) is 1. The molecule has 1 aromatic carbocycles. The van der Waals surface area contributed by atoms with Crippen molar-refractivity contribution >= 4 is 11.7 Å². The third-order valence-corrected chi connectivity index (χ3v) is 1.48. The van der Waals surface area contributed by atoms with Crippen molar-refractivity contribution < 1.29 is 9.90 Å². The number of hydrogen-bond acceptors (Lipinski definition) is 3. The van der Waals surface area contributed by atoms with Gasteiger partial charge in [0.1, 0.15) is 12.6 Å². The molecule has 4 heteroatoms. The van der Waals surface area contributed by atoms with Crippen LogP contribution in [0.3, 0.4) is 0 Å². The van der Waals surface area contributed by atoms with E-state index in [9.17, 15) is 4.79 Å². The lowest BCUT2D eigenvalue weighted by Gasteiger charge is -2.03. The van der Waals surface area contributed by atoms with Crippen LogP contribution < -0.4 is 5.32 Å². The number of aliphatic carboxylic acids is 1. The van der Waals surface area contributed by atoms with Gasteiger partial charge in [-0.25, -0.2) is 0 Å². The number of nitrogens with zero attached hydrogens (tertiary/aromatic N) is 1. The highest BCUT2D eigenvalue weighted by Crippen LogP contribution is 2.12. The monoisotopic (exact) mass is 176 g/mol. The molecule has 0 aliphatic heterocycles. The van der Waals surface area contributed by atoms with E-state index in [-0.39, 0.29) is 6.54 Å². The summed E-state index contributed by atoms with van der Waals surface area (Å²) in [5.41, 5.74) is 0.996. The van der Waals surface area contributed by atoms with Crippen LogP contribution in [0.2, 0.25) is 0 Å². The van der Waals surface area contributed by atoms with Crippen molar-refractivity contribution in [2.24, 2.45) is 0 Å². The van der Waals surface area contributed by atoms with Gasteiger partial charge in [0.15, 0.2) is 0 Å². The molecule has 0 aromatic heterocycles. The first kappa shape index (κ1) is 9.07. The van der Waals surface area contributed by atoms with Crippen LogP contribution in [0.15, 0.2) is 24.3 Å². The number of benzene rings is 1. The Bertz CT molecular complexity index is 355. The summed E-state index contributed by atoms with van der Waals surface area (Å²) >= 11 is 0. The summed E-state index contributed by atoms with van der Waals surface area (Å²) in [6.07, 6.45) is 0. The molecule has 1 aromatic rings. The zero-order valence-corrected chi connectivity index (χ0v) is 6.82. The van der Waals surface area contributed by atoms with Crippen molar-refractivity contribution in [1.82, 2.24) is 0 Å². The summed E-state index contributed by atoms with van der Waals surface area (Å²) in [7, 11) is 0. The van der Waals surface area contributed by atoms with E-state index in [1.54, 1.807) is 24.3 Å². The highest BCUT2D eigenvalue weighted by atomic mass is 16.4. The van der Waals surface area contributed by atoms with Crippen LogP contribution in [0.5, 0.6) is 0 Å². The smallest absolute Gasteiger partial charge is 0.322 e. The standard InChI is InChI=1S/C9H8N2O2/c10-5-7-3-1-2-4-8(7)11-6-9(12)13/h1-4,11H,6H2,(H,12,13). The van der Waals surface area contributed by atoms with Gasteiger partial charge in [0.25, 0.3) is 0 Å². The second-order valence-electron chi connectivity index (χ2n) is 2.40. The maximum absolute atomic E-state index is 10.2. The summed E-state index contributed by atoms with van der Waals surface area (Å²) in [6, 6.07) is 8.73. The fourth-order valence-corrected chi connectivity index (χ4v) is 0.906. The van der Waals surface area contributed by atoms with Crippen molar-refractivity contribution in [1.29, 1.82) is 5.26 Å². The van der Waals surface area contributed by atoms with Gasteiger partial charge in [-0.3, -0.25) is 4.79 Å². The minimum Gasteiger partial charge on any atom is -0.480 e. The van der Waals surface area contributed by atoms with Gasteiger partial charge in [0.2, 0.25) is 0 Å². The summed E-state index contributed by atoms with van der Waals surface area (Å²) in [6.45, 7) is -0.182. The van der Waals surface area contributed by atoms with Crippen molar-refractivity contribution in [3.05, 3.63) is 29.8 Å². The normalized spacial score (nSPS) is 8.85. The number of anilines is 1. The van der Waals surface area contributed by atoms with Crippen LogP contribution in [0.25, 0.3) is 0 Å². The maximum Gasteiger partial charge on any atom is 0.322 e. The van der Waals surface area contributed by atoms with E-state index in [0.29, 0.717) is 11.3 Å². The topological polar surface area (TPSA) is 73.1 Å². The fraction of sp³-hybridized carbons (Fsp3) is 0.111. The Morgan fingerprint density at radius 3 is 2.85 bits per heavy atom. The predicted octanol–water partition coefficient (Wildman–Crippen LogP) is 1.05. The minimum absolute atomic E-state index is 0.182. The van der Waals surface area contributed by atoms with Crippen molar-refractivity contribution in [2.75, 3.05) is 11.9 Å². The van der Waals surface area contributed by atoms with E-state index in [1.807, 2.05) is 6.07 Å². The zero-order valence-electron chi connectivity index (χ0n) is 6.82. The molecule has 0 unspecified atom stereocenters. The molecule has 0 saturated heterocycles. The molecule has 0 atom stereocenters. The van der Waals surface area contributed by atoms with E-state index in [1.165, 1.54) is 0 Å². The number of nitrogens with one attached hydrogen (secondary N) is 1. The second kappa shape index (κ2) is 4.12. The van der Waals surface area contributed by atoms with Crippen LogP contribution in [0.1, 0.15) is 5.56 Å². The van der Waals surface area contributed by atoms with E-state index in [4.69, 9.17) is 10.4 Å². The van der Waals surface area contributed by atoms with Crippen LogP contribution in [-0.4, -0.2) is 17.6 Å². The lowest BCUT2D eigenvalue weighted by atomic mass is 10.2. The molecular formula is C9H8N2O2. The number of nitriles is 1. The van der Waals surface area contributed by atoms with Crippen molar-refractivity contribution in [3.63, 3.8) is 0 Å². The maximum atomic E-state index is 10.2. The molecule has 0 heterocycles. The zero-order chi connectivity index (χ0) is 9.68. The molecule has 66 valence electrons. The van der Waals surface area contributed by atoms with Gasteiger partial charge in [0.05, 0.1) is 11.3 Å². The average Bonchev–Trinajstić information content (AvgIpc) is 2.15. The Morgan fingerprint density at radius 2 is 2.23 bits per heavy atom. The van der Waals surface area contributed by atoms with Crippen molar-refractivity contribution in [3.8, 4) is 6.07 Å². The molecule has 0 aliphatic rings. The number of hydrogen-bond donors (Lipinski definition) is 2. The summed E-state index contributed by atoms with van der Waals surface area (Å²) < 4.78 is 0. The molecule has 0 saturated carbocycles. The Hall–Kier alpha value is -2.02. The summed E-state index contributed by atoms with van der Waals surface area (Å²) in [4.78, 5) is 10.2. The number of carbonyl (C=O) groups is 1. The third-order valence-electron chi connectivity index (χ3n) is 1.48. The van der Waals surface area contributed by atoms with Gasteiger partial charge in [-0.05, 0) is 12.1 Å². The highest BCUT2D eigenvalue weighted by molar-refractivity contribution is 5.73. The molecule has 0 fully saturated rings. The molecule has 0 aliphatic carbocycles. The van der Waals surface area contributed by atoms with E-state index in [0.717, 1.165) is 0 Å². The minimum atomic E-state index is -0.951. The fourth-order valence-electron chi connectivity index (χ4n) is 0.906. The molecule has 0 bridgehead atoms. The van der Waals surface area contributed by atoms with Gasteiger partial charge >= 0.3 is 5.97 Å². The molecule has 13 heavy (non-hydrogen) atoms. The van der Waals surface area contributed by atoms with Crippen LogP contribution in [-0.2, 0) is 4.79 Å². The van der Waals surface area contributed by atoms with Crippen LogP contribution in [0.4, 0.5) is 5.69 Å². The number of rotatable bonds is 3. The first-order chi connectivity index (χ1) is 6.24. The van der Waals surface area contributed by atoms with Gasteiger partial charge in [-0.1, -0.05) is 12.1 Å². The highest BCUT2D eigenvalue weighted by Gasteiger charge is 2.01. The van der Waals surface area contributed by atoms with Crippen molar-refractivity contribution in [2.45, 2.75) is 0 Å². The molecule has 4 nitrogen and oxygen atoms in total. The second-order valence-corrected chi connectivity index (χ2v) is 2.40. The average molecular weight is 176 g/mol. The number of carboxylic acids is 1. The Balaban J connectivity index is 2.77. The Morgan fingerprint density at radius 1 is 1.54 bits per heavy atom. The third kappa shape index (κ3) is 2.49.